The Morgan fingerprint density at radius 2 is 2.00 bits per heavy atom. The molecule has 1 aliphatic carbocycles. The summed E-state index contributed by atoms with van der Waals surface area (Å²) in [6.45, 7) is 4.40. The average Bonchev–Trinajstić information content (AvgIpc) is 3.49. The van der Waals surface area contributed by atoms with Gasteiger partial charge < -0.3 is 16.4 Å². The number of hydrogen-bond donors (Lipinski definition) is 3. The summed E-state index contributed by atoms with van der Waals surface area (Å²) in [5.41, 5.74) is 8.78. The summed E-state index contributed by atoms with van der Waals surface area (Å²) < 4.78 is 0. The first-order valence-corrected chi connectivity index (χ1v) is 9.53. The van der Waals surface area contributed by atoms with Gasteiger partial charge >= 0.3 is 0 Å². The van der Waals surface area contributed by atoms with Gasteiger partial charge in [-0.1, -0.05) is 0 Å². The highest BCUT2D eigenvalue weighted by molar-refractivity contribution is 6.01. The van der Waals surface area contributed by atoms with E-state index in [0.29, 0.717) is 35.7 Å². The number of nitrogens with one attached hydrogen (secondary N) is 2. The van der Waals surface area contributed by atoms with E-state index in [-0.39, 0.29) is 23.7 Å². The summed E-state index contributed by atoms with van der Waals surface area (Å²) >= 11 is 0. The fourth-order valence-corrected chi connectivity index (χ4v) is 3.41. The van der Waals surface area contributed by atoms with Crippen LogP contribution in [0.5, 0.6) is 0 Å². The van der Waals surface area contributed by atoms with Crippen molar-refractivity contribution in [2.24, 2.45) is 11.8 Å². The number of rotatable bonds is 5. The Bertz CT molecular complexity index is 1110. The molecule has 3 heterocycles. The predicted octanol–water partition coefficient (Wildman–Crippen LogP) is 2.29. The Morgan fingerprint density at radius 3 is 2.76 bits per heavy atom. The van der Waals surface area contributed by atoms with Crippen molar-refractivity contribution in [2.45, 2.75) is 20.3 Å². The quantitative estimate of drug-likeness (QED) is 0.614. The first-order chi connectivity index (χ1) is 14.0. The van der Waals surface area contributed by atoms with Crippen LogP contribution in [0, 0.1) is 18.8 Å². The van der Waals surface area contributed by atoms with Crippen LogP contribution in [0.4, 0.5) is 11.6 Å². The highest BCUT2D eigenvalue weighted by atomic mass is 16.2. The lowest BCUT2D eigenvalue weighted by Crippen LogP contribution is -2.27. The second kappa shape index (κ2) is 7.46. The molecule has 0 aromatic carbocycles. The smallest absolute Gasteiger partial charge is 0.229 e. The number of pyridine rings is 3. The van der Waals surface area contributed by atoms with E-state index in [1.165, 1.54) is 0 Å². The second-order valence-corrected chi connectivity index (χ2v) is 7.21. The van der Waals surface area contributed by atoms with E-state index >= 15 is 0 Å². The number of fused-ring (bicyclic) bond motifs is 1. The molecule has 8 heteroatoms. The van der Waals surface area contributed by atoms with Crippen LogP contribution >= 0.6 is 0 Å². The molecule has 8 nitrogen and oxygen atoms in total. The van der Waals surface area contributed by atoms with E-state index in [1.54, 1.807) is 24.7 Å². The van der Waals surface area contributed by atoms with Crippen LogP contribution in [-0.4, -0.2) is 33.3 Å². The minimum Gasteiger partial charge on any atom is -0.383 e. The summed E-state index contributed by atoms with van der Waals surface area (Å²) in [4.78, 5) is 37.2. The van der Waals surface area contributed by atoms with Gasteiger partial charge in [0.1, 0.15) is 11.6 Å². The molecule has 3 aromatic heterocycles. The lowest BCUT2D eigenvalue weighted by atomic mass is 10.1. The maximum atomic E-state index is 12.5. The third kappa shape index (κ3) is 3.73. The van der Waals surface area contributed by atoms with Crippen molar-refractivity contribution in [3.05, 3.63) is 42.4 Å². The molecule has 1 aliphatic rings. The number of nitrogens with zero attached hydrogens (tertiary/aromatic N) is 3. The van der Waals surface area contributed by atoms with Gasteiger partial charge in [-0.25, -0.2) is 9.97 Å². The Balaban J connectivity index is 1.58. The van der Waals surface area contributed by atoms with Crippen LogP contribution < -0.4 is 16.4 Å². The zero-order chi connectivity index (χ0) is 20.5. The molecule has 2 atom stereocenters. The minimum absolute atomic E-state index is 0.0746. The molecule has 1 fully saturated rings. The zero-order valence-corrected chi connectivity index (χ0v) is 16.3. The van der Waals surface area contributed by atoms with Gasteiger partial charge in [0, 0.05) is 36.1 Å². The first kappa shape index (κ1) is 18.8. The summed E-state index contributed by atoms with van der Waals surface area (Å²) in [6, 6.07) is 5.59. The Labute approximate surface area is 168 Å². The van der Waals surface area contributed by atoms with E-state index in [0.717, 1.165) is 16.5 Å². The number of nitrogen functional groups attached to an aromatic ring is 1. The van der Waals surface area contributed by atoms with Crippen LogP contribution in [0.2, 0.25) is 0 Å². The number of nitrogens with two attached hydrogens (primary N) is 1. The zero-order valence-electron chi connectivity index (χ0n) is 16.3. The van der Waals surface area contributed by atoms with Gasteiger partial charge in [0.15, 0.2) is 0 Å². The topological polar surface area (TPSA) is 123 Å². The maximum Gasteiger partial charge on any atom is 0.229 e. The number of carbonyl (C=O) groups excluding carboxylic acids is 2. The molecule has 1 saturated carbocycles. The van der Waals surface area contributed by atoms with E-state index in [2.05, 4.69) is 25.6 Å². The SMILES string of the molecule is CCNC(=O)[C@H]1C[C@H]1C(=O)Nc1cc2cc(-c3cnccc3C)nc(N)c2cn1. The van der Waals surface area contributed by atoms with Crippen LogP contribution in [-0.2, 0) is 9.59 Å². The Morgan fingerprint density at radius 1 is 1.21 bits per heavy atom. The molecule has 0 radical (unpaired) electrons. The van der Waals surface area contributed by atoms with Crippen molar-refractivity contribution in [1.29, 1.82) is 0 Å². The normalized spacial score (nSPS) is 17.7. The molecule has 4 rings (SSSR count). The molecule has 4 N–H and O–H groups in total. The van der Waals surface area contributed by atoms with E-state index in [4.69, 9.17) is 5.73 Å². The standard InChI is InChI=1S/C21H22N6O2/c1-3-24-20(28)13-8-14(13)21(29)27-18-7-12-6-17(15-9-23-5-4-11(15)2)26-19(22)16(12)10-25-18/h4-7,9-10,13-14H,3,8H2,1-2H3,(H2,22,26)(H,24,28)(H,25,27,29)/t13-,14+/m0/s1. The molecule has 0 aliphatic heterocycles. The van der Waals surface area contributed by atoms with Crippen molar-refractivity contribution in [3.8, 4) is 11.3 Å². The van der Waals surface area contributed by atoms with Crippen LogP contribution in [0.15, 0.2) is 36.8 Å². The summed E-state index contributed by atoms with van der Waals surface area (Å²) in [5, 5.41) is 7.09. The number of anilines is 2. The summed E-state index contributed by atoms with van der Waals surface area (Å²) in [5.74, 6) is -0.0494. The molecule has 0 saturated heterocycles. The fraction of sp³-hybridized carbons (Fsp3) is 0.286. The highest BCUT2D eigenvalue weighted by Gasteiger charge is 2.47. The lowest BCUT2D eigenvalue weighted by molar-refractivity contribution is -0.125. The molecule has 148 valence electrons. The third-order valence-electron chi connectivity index (χ3n) is 5.13. The summed E-state index contributed by atoms with van der Waals surface area (Å²) in [6.07, 6.45) is 5.64. The molecular formula is C21H22N6O2. The van der Waals surface area contributed by atoms with E-state index in [1.807, 2.05) is 26.0 Å². The van der Waals surface area contributed by atoms with E-state index in [9.17, 15) is 9.59 Å². The minimum atomic E-state index is -0.310. The van der Waals surface area contributed by atoms with E-state index < -0.39 is 0 Å². The Kier molecular flexibility index (Phi) is 4.84. The molecule has 3 aromatic rings. The molecule has 2 amide bonds. The van der Waals surface area contributed by atoms with Crippen molar-refractivity contribution in [2.75, 3.05) is 17.6 Å². The molecule has 0 spiro atoms. The maximum absolute atomic E-state index is 12.5. The number of aromatic nitrogens is 3. The second-order valence-electron chi connectivity index (χ2n) is 7.21. The fourth-order valence-electron chi connectivity index (χ4n) is 3.41. The number of carbonyl (C=O) groups is 2. The van der Waals surface area contributed by atoms with Gasteiger partial charge in [-0.05, 0) is 49.4 Å². The van der Waals surface area contributed by atoms with Crippen molar-refractivity contribution in [1.82, 2.24) is 20.3 Å². The van der Waals surface area contributed by atoms with Crippen LogP contribution in [0.1, 0.15) is 18.9 Å². The monoisotopic (exact) mass is 390 g/mol. The van der Waals surface area contributed by atoms with Crippen LogP contribution in [0.3, 0.4) is 0 Å². The molecule has 29 heavy (non-hydrogen) atoms. The van der Waals surface area contributed by atoms with Gasteiger partial charge in [-0.3, -0.25) is 14.6 Å². The van der Waals surface area contributed by atoms with Gasteiger partial charge in [0.2, 0.25) is 11.8 Å². The van der Waals surface area contributed by atoms with Gasteiger partial charge in [0.05, 0.1) is 17.5 Å². The predicted molar refractivity (Wildman–Crippen MR) is 111 cm³/mol. The number of aryl methyl sites for hydroxylation is 1. The summed E-state index contributed by atoms with van der Waals surface area (Å²) in [7, 11) is 0. The van der Waals surface area contributed by atoms with Crippen molar-refractivity contribution >= 4 is 34.2 Å². The molecular weight excluding hydrogens is 368 g/mol. The Hall–Kier alpha value is -3.55. The van der Waals surface area contributed by atoms with Crippen molar-refractivity contribution in [3.63, 3.8) is 0 Å². The molecule has 0 bridgehead atoms. The average molecular weight is 390 g/mol. The first-order valence-electron chi connectivity index (χ1n) is 9.53. The van der Waals surface area contributed by atoms with Gasteiger partial charge in [-0.2, -0.15) is 0 Å². The number of amides is 2. The lowest BCUT2D eigenvalue weighted by Gasteiger charge is -2.10. The molecule has 0 unspecified atom stereocenters. The number of hydrogen-bond acceptors (Lipinski definition) is 6. The van der Waals surface area contributed by atoms with Gasteiger partial charge in [-0.15, -0.1) is 0 Å². The van der Waals surface area contributed by atoms with Crippen molar-refractivity contribution < 1.29 is 9.59 Å². The highest BCUT2D eigenvalue weighted by Crippen LogP contribution is 2.39. The van der Waals surface area contributed by atoms with Crippen LogP contribution in [0.25, 0.3) is 22.0 Å². The largest absolute Gasteiger partial charge is 0.383 e. The third-order valence-corrected chi connectivity index (χ3v) is 5.13. The van der Waals surface area contributed by atoms with Gasteiger partial charge in [0.25, 0.3) is 0 Å².